The van der Waals surface area contributed by atoms with Crippen LogP contribution in [-0.4, -0.2) is 16.2 Å². The number of phenols is 1. The van der Waals surface area contributed by atoms with E-state index in [0.717, 1.165) is 24.0 Å². The first-order valence-electron chi connectivity index (χ1n) is 4.49. The molecule has 1 aromatic carbocycles. The molecular formula is C12H16O3. The molecule has 15 heavy (non-hydrogen) atoms. The maximum absolute atomic E-state index is 9.40. The molecule has 0 aliphatic heterocycles. The molecule has 1 rings (SSSR count). The van der Waals surface area contributed by atoms with E-state index in [2.05, 4.69) is 6.92 Å². The van der Waals surface area contributed by atoms with Crippen LogP contribution in [0.5, 0.6) is 5.75 Å². The number of benzene rings is 1. The molecule has 1 aromatic rings. The maximum Gasteiger partial charge on any atom is 0.300 e. The molecule has 0 heterocycles. The molecule has 0 saturated carbocycles. The minimum atomic E-state index is -0.833. The third-order valence-electron chi connectivity index (χ3n) is 1.61. The van der Waals surface area contributed by atoms with Crippen LogP contribution < -0.4 is 0 Å². The summed E-state index contributed by atoms with van der Waals surface area (Å²) in [7, 11) is 0. The third kappa shape index (κ3) is 5.73. The number of aromatic hydroxyl groups is 1. The molecule has 3 nitrogen and oxygen atoms in total. The van der Waals surface area contributed by atoms with Crippen LogP contribution >= 0.6 is 0 Å². The Balaban J connectivity index is 0.000000423. The van der Waals surface area contributed by atoms with Crippen LogP contribution in [0.25, 0.3) is 0 Å². The normalized spacial score (nSPS) is 9.40. The van der Waals surface area contributed by atoms with Gasteiger partial charge in [0, 0.05) is 18.4 Å². The fourth-order valence-electron chi connectivity index (χ4n) is 1.00. The van der Waals surface area contributed by atoms with Gasteiger partial charge in [0.1, 0.15) is 5.75 Å². The largest absolute Gasteiger partial charge is 0.508 e. The lowest BCUT2D eigenvalue weighted by molar-refractivity contribution is -0.134. The highest BCUT2D eigenvalue weighted by molar-refractivity contribution is 5.62. The lowest BCUT2D eigenvalue weighted by Gasteiger charge is -2.07. The average molecular weight is 208 g/mol. The van der Waals surface area contributed by atoms with Crippen molar-refractivity contribution in [1.82, 2.24) is 0 Å². The van der Waals surface area contributed by atoms with Crippen molar-refractivity contribution < 1.29 is 15.0 Å². The Morgan fingerprint density at radius 2 is 1.80 bits per heavy atom. The van der Waals surface area contributed by atoms with E-state index in [4.69, 9.17) is 9.90 Å². The van der Waals surface area contributed by atoms with Gasteiger partial charge in [-0.1, -0.05) is 19.1 Å². The van der Waals surface area contributed by atoms with Crippen LogP contribution in [0.1, 0.15) is 25.0 Å². The molecule has 0 spiro atoms. The van der Waals surface area contributed by atoms with E-state index in [1.807, 2.05) is 26.0 Å². The van der Waals surface area contributed by atoms with Gasteiger partial charge in [-0.25, -0.2) is 0 Å². The van der Waals surface area contributed by atoms with Gasteiger partial charge in [-0.05, 0) is 25.5 Å². The Morgan fingerprint density at radius 1 is 1.33 bits per heavy atom. The fraction of sp³-hybridized carbons (Fsp3) is 0.250. The molecule has 0 atom stereocenters. The van der Waals surface area contributed by atoms with Gasteiger partial charge in [-0.2, -0.15) is 0 Å². The molecule has 0 bridgehead atoms. The predicted molar refractivity (Wildman–Crippen MR) is 59.5 cm³/mol. The molecular weight excluding hydrogens is 192 g/mol. The minimum Gasteiger partial charge on any atom is -0.508 e. The second-order valence-corrected chi connectivity index (χ2v) is 3.32. The van der Waals surface area contributed by atoms with Gasteiger partial charge in [0.05, 0.1) is 0 Å². The van der Waals surface area contributed by atoms with Gasteiger partial charge in [0.2, 0.25) is 0 Å². The topological polar surface area (TPSA) is 57.5 Å². The molecule has 0 saturated heterocycles. The van der Waals surface area contributed by atoms with E-state index < -0.39 is 5.97 Å². The van der Waals surface area contributed by atoms with E-state index in [-0.39, 0.29) is 0 Å². The van der Waals surface area contributed by atoms with E-state index in [9.17, 15) is 5.11 Å². The Hall–Kier alpha value is -1.51. The molecule has 0 amide bonds. The Labute approximate surface area is 90.4 Å². The number of aryl methyl sites for hydroxylation is 1. The lowest BCUT2D eigenvalue weighted by Crippen LogP contribution is -1.89. The van der Waals surface area contributed by atoms with Gasteiger partial charge in [-0.15, -0.1) is 0 Å². The van der Waals surface area contributed by atoms with Crippen molar-refractivity contribution in [3.8, 4) is 5.75 Å². The van der Waals surface area contributed by atoms with Crippen molar-refractivity contribution in [1.29, 1.82) is 0 Å². The summed E-state index contributed by atoms with van der Waals surface area (Å²) in [5, 5.41) is 16.8. The number of hydrogen-bond donors (Lipinski definition) is 2. The summed E-state index contributed by atoms with van der Waals surface area (Å²) in [5.41, 5.74) is 1.89. The summed E-state index contributed by atoms with van der Waals surface area (Å²) >= 11 is 0. The van der Waals surface area contributed by atoms with Crippen LogP contribution in [0.3, 0.4) is 0 Å². The Kier molecular flexibility index (Phi) is 5.45. The molecule has 2 N–H and O–H groups in total. The summed E-state index contributed by atoms with van der Waals surface area (Å²) in [6.45, 7) is 8.66. The predicted octanol–water partition coefficient (Wildman–Crippen LogP) is 2.57. The molecule has 2 radical (unpaired) electrons. The van der Waals surface area contributed by atoms with Gasteiger partial charge in [-0.3, -0.25) is 4.79 Å². The molecule has 0 aromatic heterocycles. The van der Waals surface area contributed by atoms with E-state index in [1.54, 1.807) is 6.07 Å². The fourth-order valence-corrected chi connectivity index (χ4v) is 1.00. The molecule has 82 valence electrons. The van der Waals surface area contributed by atoms with Crippen molar-refractivity contribution in [2.45, 2.75) is 20.8 Å². The summed E-state index contributed by atoms with van der Waals surface area (Å²) < 4.78 is 0. The number of hydrogen-bond acceptors (Lipinski definition) is 2. The highest BCUT2D eigenvalue weighted by Crippen LogP contribution is 2.24. The summed E-state index contributed by atoms with van der Waals surface area (Å²) in [5.74, 6) is 0.375. The average Bonchev–Trinajstić information content (AvgIpc) is 2.01. The van der Waals surface area contributed by atoms with Crippen LogP contribution in [0, 0.1) is 19.8 Å². The summed E-state index contributed by atoms with van der Waals surface area (Å²) in [6.07, 6.45) is 0. The van der Waals surface area contributed by atoms with Crippen molar-refractivity contribution in [2.24, 2.45) is 0 Å². The number of phenolic OH excluding ortho intramolecular Hbond substituents is 1. The van der Waals surface area contributed by atoms with Gasteiger partial charge in [0.25, 0.3) is 5.97 Å². The van der Waals surface area contributed by atoms with Crippen LogP contribution in [-0.2, 0) is 4.79 Å². The molecule has 0 aliphatic carbocycles. The zero-order valence-electron chi connectivity index (χ0n) is 9.24. The first-order chi connectivity index (χ1) is 6.84. The number of carboxylic acids is 1. The van der Waals surface area contributed by atoms with E-state index in [1.165, 1.54) is 0 Å². The smallest absolute Gasteiger partial charge is 0.300 e. The number of aliphatic carboxylic acids is 1. The first kappa shape index (κ1) is 13.5. The van der Waals surface area contributed by atoms with Crippen LogP contribution in [0.15, 0.2) is 18.2 Å². The van der Waals surface area contributed by atoms with Gasteiger partial charge < -0.3 is 10.2 Å². The first-order valence-corrected chi connectivity index (χ1v) is 4.49. The summed E-state index contributed by atoms with van der Waals surface area (Å²) in [6, 6.07) is 5.58. The quantitative estimate of drug-likeness (QED) is 0.745. The highest BCUT2D eigenvalue weighted by Gasteiger charge is 2.04. The van der Waals surface area contributed by atoms with Crippen LogP contribution in [0.2, 0.25) is 0 Å². The monoisotopic (exact) mass is 208 g/mol. The SMILES string of the molecule is CC(=O)O.[CH2][C](C)c1ccc(C)cc1O. The maximum atomic E-state index is 9.40. The summed E-state index contributed by atoms with van der Waals surface area (Å²) in [4.78, 5) is 9.00. The number of rotatable bonds is 1. The van der Waals surface area contributed by atoms with Crippen LogP contribution in [0.4, 0.5) is 0 Å². The van der Waals surface area contributed by atoms with Crippen molar-refractivity contribution >= 4 is 5.97 Å². The zero-order valence-corrected chi connectivity index (χ0v) is 9.24. The highest BCUT2D eigenvalue weighted by atomic mass is 16.4. The minimum absolute atomic E-state index is 0.317. The number of carboxylic acid groups (broad SMARTS) is 1. The Morgan fingerprint density at radius 3 is 2.13 bits per heavy atom. The molecule has 3 heteroatoms. The zero-order chi connectivity index (χ0) is 12.0. The van der Waals surface area contributed by atoms with Crippen molar-refractivity contribution in [3.05, 3.63) is 42.2 Å². The van der Waals surface area contributed by atoms with Gasteiger partial charge in [0.15, 0.2) is 0 Å². The second-order valence-electron chi connectivity index (χ2n) is 3.32. The Bertz CT molecular complexity index is 326. The lowest BCUT2D eigenvalue weighted by atomic mass is 10.0. The molecule has 0 fully saturated rings. The number of carbonyl (C=O) groups is 1. The molecule has 0 unspecified atom stereocenters. The third-order valence-corrected chi connectivity index (χ3v) is 1.61. The molecule has 0 aliphatic rings. The van der Waals surface area contributed by atoms with E-state index in [0.29, 0.717) is 5.75 Å². The van der Waals surface area contributed by atoms with Crippen molar-refractivity contribution in [2.75, 3.05) is 0 Å². The van der Waals surface area contributed by atoms with E-state index >= 15 is 0 Å². The standard InChI is InChI=1S/C10H12O.C2H4O2/c1-7(2)9-5-4-8(3)6-10(9)11;1-2(3)4/h4-6,11H,1H2,2-3H3;1H3,(H,3,4). The van der Waals surface area contributed by atoms with Crippen molar-refractivity contribution in [3.63, 3.8) is 0 Å². The van der Waals surface area contributed by atoms with Gasteiger partial charge >= 0.3 is 0 Å². The second kappa shape index (κ2) is 6.06.